The van der Waals surface area contributed by atoms with Gasteiger partial charge in [0, 0.05) is 106 Å². The number of rotatable bonds is 9. The highest BCUT2D eigenvalue weighted by molar-refractivity contribution is 5.27. The molecule has 8 heterocycles. The van der Waals surface area contributed by atoms with E-state index in [0.29, 0.717) is 41.7 Å². The first-order valence-corrected chi connectivity index (χ1v) is 30.9. The van der Waals surface area contributed by atoms with E-state index in [1.165, 1.54) is 88.2 Å². The molecular formula is C66H119N15O. The minimum Gasteiger partial charge on any atom is -0.425 e. The summed E-state index contributed by atoms with van der Waals surface area (Å²) in [6.07, 6.45) is 29.0. The van der Waals surface area contributed by atoms with Gasteiger partial charge in [-0.2, -0.15) is 30.6 Å². The van der Waals surface area contributed by atoms with Crippen molar-refractivity contribution in [3.63, 3.8) is 0 Å². The highest BCUT2D eigenvalue weighted by Crippen LogP contribution is 2.28. The van der Waals surface area contributed by atoms with E-state index in [-0.39, 0.29) is 10.8 Å². The van der Waals surface area contributed by atoms with Crippen LogP contribution < -0.4 is 0 Å². The van der Waals surface area contributed by atoms with Gasteiger partial charge in [-0.15, -0.1) is 10.2 Å². The van der Waals surface area contributed by atoms with Crippen LogP contribution >= 0.6 is 0 Å². The number of nitrogens with zero attached hydrogens (tertiary/aromatic N) is 14. The average Bonchev–Trinajstić information content (AvgIpc) is 4.30. The molecule has 4 aliphatic rings. The smallest absolute Gasteiger partial charge is 0.219 e. The Morgan fingerprint density at radius 3 is 1.51 bits per heavy atom. The number of H-pyrrole nitrogens is 1. The fourth-order valence-corrected chi connectivity index (χ4v) is 8.13. The molecule has 1 aliphatic carbocycles. The van der Waals surface area contributed by atoms with Crippen molar-refractivity contribution >= 4 is 0 Å². The summed E-state index contributed by atoms with van der Waals surface area (Å²) >= 11 is 0. The Labute approximate surface area is 500 Å². The summed E-state index contributed by atoms with van der Waals surface area (Å²) in [6, 6.07) is 6.90. The Hall–Kier alpha value is -5.32. The van der Waals surface area contributed by atoms with E-state index in [2.05, 4.69) is 216 Å². The van der Waals surface area contributed by atoms with Crippen molar-refractivity contribution in [1.29, 1.82) is 0 Å². The number of piperidine rings is 1. The van der Waals surface area contributed by atoms with Crippen molar-refractivity contribution < 1.29 is 4.42 Å². The van der Waals surface area contributed by atoms with Crippen molar-refractivity contribution in [3.8, 4) is 0 Å². The van der Waals surface area contributed by atoms with E-state index in [4.69, 9.17) is 4.42 Å². The van der Waals surface area contributed by atoms with E-state index in [9.17, 15) is 0 Å². The summed E-state index contributed by atoms with van der Waals surface area (Å²) in [7, 11) is 0. The molecule has 3 aliphatic heterocycles. The van der Waals surface area contributed by atoms with Gasteiger partial charge in [-0.05, 0) is 175 Å². The predicted octanol–water partition coefficient (Wildman–Crippen LogP) is 16.4. The molecule has 5 aromatic heterocycles. The molecule has 0 saturated carbocycles. The summed E-state index contributed by atoms with van der Waals surface area (Å²) in [5.74, 6) is 2.41. The number of likely N-dealkylation sites (tertiary alicyclic amines) is 1. The van der Waals surface area contributed by atoms with Crippen molar-refractivity contribution in [3.05, 3.63) is 120 Å². The summed E-state index contributed by atoms with van der Waals surface area (Å²) < 4.78 is 10.9. The topological polar surface area (TPSA) is 156 Å². The number of nitrogens with one attached hydrogen (secondary N) is 1. The van der Waals surface area contributed by atoms with Crippen LogP contribution in [0, 0.1) is 32.1 Å². The summed E-state index contributed by atoms with van der Waals surface area (Å²) in [6.45, 7) is 61.1. The van der Waals surface area contributed by atoms with Gasteiger partial charge in [0.1, 0.15) is 0 Å². The van der Waals surface area contributed by atoms with Crippen LogP contribution in [0.15, 0.2) is 106 Å². The van der Waals surface area contributed by atoms with Gasteiger partial charge in [0.2, 0.25) is 11.8 Å². The van der Waals surface area contributed by atoms with Crippen molar-refractivity contribution in [2.75, 3.05) is 52.4 Å². The molecule has 0 spiro atoms. The first-order valence-electron chi connectivity index (χ1n) is 30.9. The zero-order valence-electron chi connectivity index (χ0n) is 56.4. The average molecular weight is 1140 g/mol. The molecule has 0 radical (unpaired) electrons. The minimum absolute atomic E-state index is 0.181. The van der Waals surface area contributed by atoms with Gasteiger partial charge in [0.05, 0.1) is 30.3 Å². The normalized spacial score (nSPS) is 15.3. The zero-order valence-corrected chi connectivity index (χ0v) is 56.4. The summed E-state index contributed by atoms with van der Waals surface area (Å²) in [5, 5.41) is 34.4. The third-order valence-electron chi connectivity index (χ3n) is 13.6. The van der Waals surface area contributed by atoms with Crippen molar-refractivity contribution in [2.45, 2.75) is 240 Å². The number of azo groups is 1. The largest absolute Gasteiger partial charge is 0.425 e. The third kappa shape index (κ3) is 33.1. The number of aryl methyl sites for hydroxylation is 3. The van der Waals surface area contributed by atoms with Crippen LogP contribution in [0.1, 0.15) is 230 Å². The van der Waals surface area contributed by atoms with Gasteiger partial charge in [-0.25, -0.2) is 0 Å². The second-order valence-corrected chi connectivity index (χ2v) is 25.7. The monoisotopic (exact) mass is 1140 g/mol. The first kappa shape index (κ1) is 74.7. The Bertz CT molecular complexity index is 2330. The molecule has 1 N–H and O–H groups in total. The van der Waals surface area contributed by atoms with Crippen LogP contribution in [0.2, 0.25) is 0 Å². The minimum atomic E-state index is 0.181. The van der Waals surface area contributed by atoms with E-state index >= 15 is 0 Å². The molecule has 5 aromatic rings. The van der Waals surface area contributed by atoms with Crippen LogP contribution in [0.3, 0.4) is 0 Å². The van der Waals surface area contributed by atoms with Gasteiger partial charge in [-0.3, -0.25) is 24.0 Å². The lowest BCUT2D eigenvalue weighted by Gasteiger charge is -2.36. The molecule has 16 heteroatoms. The Morgan fingerprint density at radius 2 is 1.24 bits per heavy atom. The highest BCUT2D eigenvalue weighted by atomic mass is 16.4. The van der Waals surface area contributed by atoms with Crippen LogP contribution in [0.5, 0.6) is 0 Å². The molecule has 0 amide bonds. The lowest BCUT2D eigenvalue weighted by Crippen LogP contribution is -2.48. The third-order valence-corrected chi connectivity index (χ3v) is 13.6. The molecule has 9 rings (SSSR count). The molecule has 82 heavy (non-hydrogen) atoms. The van der Waals surface area contributed by atoms with E-state index in [1.807, 2.05) is 91.1 Å². The number of hydrogen-bond acceptors (Lipinski definition) is 12. The number of piperazine rings is 1. The lowest BCUT2D eigenvalue weighted by molar-refractivity contribution is 0.109. The molecule has 16 nitrogen and oxygen atoms in total. The predicted molar refractivity (Wildman–Crippen MR) is 346 cm³/mol. The van der Waals surface area contributed by atoms with Gasteiger partial charge < -0.3 is 14.2 Å². The van der Waals surface area contributed by atoms with E-state index in [1.54, 1.807) is 13.1 Å². The molecule has 0 aromatic carbocycles. The first-order chi connectivity index (χ1) is 38.5. The second-order valence-electron chi connectivity index (χ2n) is 25.7. The molecule has 0 unspecified atom stereocenters. The highest BCUT2D eigenvalue weighted by Gasteiger charge is 2.19. The molecular weight excluding hydrogens is 1020 g/mol. The van der Waals surface area contributed by atoms with Crippen LogP contribution in [-0.2, 0) is 5.41 Å². The SMILES string of the molecule is CC(C)(C)C1=CCN=N1.CC(C)(C)c1cn[nH]c1.CC(C)C1=CCC=C1.CC(C)N1CCCCC1.CC(C)n1cccn1.CCCN1CCN(C(C)C)CC1.Cc1ccn(C(C)C)n1.Cc1cnn(C(C)C)c1.Cc1nnc(C(C)C)o1. The maximum Gasteiger partial charge on any atom is 0.219 e. The maximum atomic E-state index is 5.12. The quantitative estimate of drug-likeness (QED) is 0.151. The van der Waals surface area contributed by atoms with Crippen molar-refractivity contribution in [2.24, 2.45) is 21.6 Å². The number of aromatic amines is 1. The molecule has 0 bridgehead atoms. The molecule has 2 saturated heterocycles. The van der Waals surface area contributed by atoms with Crippen LogP contribution in [-0.4, -0.2) is 129 Å². The Balaban J connectivity index is 0.000000462. The maximum absolute atomic E-state index is 5.12. The standard InChI is InChI=1S/C10H22N2.C8H17N.C8H12.4C7H12N2.C6H10N2O.C6H10N2/c1-4-5-11-6-8-12(9-7-11)10(2)3;1-8(2)9-6-4-3-5-7-9;1-7(2)8-5-3-4-6-8;1-7(2,3)6-4-8-9-5-6;1-6(2)9-5-7(3)4-8-9;1-7(2,3)6-4-5-8-9-6;1-6(2)9-5-4-7(3)8-9;1-4(2)6-8-7-5(3)9-6;1-6(2)8-5-3-4-7-8/h10H,4-9H2,1-3H3;8H,3-7H2,1-2H3;3,5-7H,4H2,1-2H3;4-5H,1-3H3,(H,8,9);4-6H,1-3H3;4H,5H2,1-3H3;4-6H,1-3H3;4H,1-3H3;3-6H,1-2H3. The lowest BCUT2D eigenvalue weighted by atomic mass is 9.90. The van der Waals surface area contributed by atoms with Gasteiger partial charge in [0.15, 0.2) is 0 Å². The number of hydrogen-bond donors (Lipinski definition) is 1. The zero-order chi connectivity index (χ0) is 62.0. The molecule has 0 atom stereocenters. The van der Waals surface area contributed by atoms with Gasteiger partial charge in [0.25, 0.3) is 0 Å². The summed E-state index contributed by atoms with van der Waals surface area (Å²) in [4.78, 5) is 7.69. The molecule has 2 fully saturated rings. The fourth-order valence-electron chi connectivity index (χ4n) is 8.13. The van der Waals surface area contributed by atoms with E-state index < -0.39 is 0 Å². The fraction of sp³-hybridized carbons (Fsp3) is 0.697. The second kappa shape index (κ2) is 40.0. The summed E-state index contributed by atoms with van der Waals surface area (Å²) in [5.41, 5.74) is 6.58. The van der Waals surface area contributed by atoms with E-state index in [0.717, 1.165) is 36.4 Å². The Morgan fingerprint density at radius 1 is 0.634 bits per heavy atom. The van der Waals surface area contributed by atoms with Crippen LogP contribution in [0.4, 0.5) is 0 Å². The van der Waals surface area contributed by atoms with Gasteiger partial charge >= 0.3 is 0 Å². The number of aromatic nitrogens is 10. The van der Waals surface area contributed by atoms with Crippen LogP contribution in [0.25, 0.3) is 0 Å². The molecule has 464 valence electrons. The van der Waals surface area contributed by atoms with Gasteiger partial charge in [-0.1, -0.05) is 101 Å². The number of allylic oxidation sites excluding steroid dienone is 5. The van der Waals surface area contributed by atoms with Crippen molar-refractivity contribution in [1.82, 2.24) is 64.4 Å². The Kier molecular flexibility index (Phi) is 36.5.